The van der Waals surface area contributed by atoms with Gasteiger partial charge in [0.25, 0.3) is 0 Å². The summed E-state index contributed by atoms with van der Waals surface area (Å²) in [7, 11) is 3.30. The minimum atomic E-state index is 0.653. The number of hydrogen-bond donors (Lipinski definition) is 0. The molecule has 3 heteroatoms. The maximum Gasteiger partial charge on any atom is 0.0701 e. The number of rotatable bonds is 10. The Morgan fingerprint density at radius 3 is 1.38 bits per heavy atom. The third-order valence-electron chi connectivity index (χ3n) is 2.07. The molecule has 0 unspecified atom stereocenters. The van der Waals surface area contributed by atoms with E-state index in [0.29, 0.717) is 26.4 Å². The van der Waals surface area contributed by atoms with E-state index in [1.54, 1.807) is 14.2 Å². The van der Waals surface area contributed by atoms with Crippen LogP contribution in [0.3, 0.4) is 0 Å². The molecule has 0 saturated heterocycles. The van der Waals surface area contributed by atoms with Crippen LogP contribution in [-0.2, 0) is 14.2 Å². The number of hydrogen-bond acceptors (Lipinski definition) is 3. The summed E-state index contributed by atoms with van der Waals surface area (Å²) in [5, 5.41) is 0. The Labute approximate surface area is 101 Å². The zero-order valence-corrected chi connectivity index (χ0v) is 11.6. The van der Waals surface area contributed by atoms with Crippen LogP contribution in [0.2, 0.25) is 0 Å². The van der Waals surface area contributed by atoms with Crippen LogP contribution < -0.4 is 0 Å². The van der Waals surface area contributed by atoms with Gasteiger partial charge in [-0.1, -0.05) is 46.0 Å². The van der Waals surface area contributed by atoms with Gasteiger partial charge in [-0.2, -0.15) is 0 Å². The lowest BCUT2D eigenvalue weighted by Gasteiger charge is -2.00. The number of unbranched alkanes of at least 4 members (excludes halogenated alkanes) is 4. The summed E-state index contributed by atoms with van der Waals surface area (Å²) in [6.45, 7) is 7.11. The average Bonchev–Trinajstić information content (AvgIpc) is 2.31. The molecule has 100 valence electrons. The monoisotopic (exact) mass is 234 g/mol. The molecular weight excluding hydrogens is 204 g/mol. The lowest BCUT2D eigenvalue weighted by molar-refractivity contribution is 0.0385. The van der Waals surface area contributed by atoms with Crippen LogP contribution in [0.5, 0.6) is 0 Å². The van der Waals surface area contributed by atoms with E-state index < -0.39 is 0 Å². The highest BCUT2D eigenvalue weighted by Crippen LogP contribution is 2.00. The second-order valence-electron chi connectivity index (χ2n) is 3.66. The quantitative estimate of drug-likeness (QED) is 0.543. The van der Waals surface area contributed by atoms with Gasteiger partial charge in [-0.3, -0.25) is 0 Å². The summed E-state index contributed by atoms with van der Waals surface area (Å²) in [6.07, 6.45) is 7.01. The lowest BCUT2D eigenvalue weighted by Crippen LogP contribution is -2.06. The molecule has 0 radical (unpaired) electrons. The second kappa shape index (κ2) is 20.3. The van der Waals surface area contributed by atoms with Gasteiger partial charge in [-0.15, -0.1) is 0 Å². The van der Waals surface area contributed by atoms with Crippen LogP contribution in [0, 0.1) is 0 Å². The predicted molar refractivity (Wildman–Crippen MR) is 69.0 cm³/mol. The van der Waals surface area contributed by atoms with Crippen molar-refractivity contribution < 1.29 is 14.2 Å². The smallest absolute Gasteiger partial charge is 0.0701 e. The van der Waals surface area contributed by atoms with Crippen molar-refractivity contribution in [1.29, 1.82) is 0 Å². The van der Waals surface area contributed by atoms with E-state index in [9.17, 15) is 0 Å². The van der Waals surface area contributed by atoms with Crippen LogP contribution in [0.1, 0.15) is 46.0 Å². The number of methoxy groups -OCH3 is 2. The fourth-order valence-corrected chi connectivity index (χ4v) is 1.06. The van der Waals surface area contributed by atoms with Crippen molar-refractivity contribution in [3.05, 3.63) is 0 Å². The van der Waals surface area contributed by atoms with Crippen molar-refractivity contribution in [1.82, 2.24) is 0 Å². The molecular formula is C13H30O3. The van der Waals surface area contributed by atoms with Crippen molar-refractivity contribution in [3.8, 4) is 0 Å². The SMILES string of the molecule is CCCCCCC.COCCOCCOC. The topological polar surface area (TPSA) is 27.7 Å². The molecule has 0 spiro atoms. The molecule has 0 bridgehead atoms. The summed E-state index contributed by atoms with van der Waals surface area (Å²) in [5.74, 6) is 0. The molecule has 0 aromatic carbocycles. The van der Waals surface area contributed by atoms with E-state index in [4.69, 9.17) is 14.2 Å². The first-order valence-corrected chi connectivity index (χ1v) is 6.39. The molecule has 0 aliphatic heterocycles. The fourth-order valence-electron chi connectivity index (χ4n) is 1.06. The van der Waals surface area contributed by atoms with Gasteiger partial charge < -0.3 is 14.2 Å². The van der Waals surface area contributed by atoms with Gasteiger partial charge in [-0.05, 0) is 0 Å². The zero-order chi connectivity index (χ0) is 12.5. The minimum Gasteiger partial charge on any atom is -0.382 e. The molecule has 0 aliphatic rings. The third-order valence-corrected chi connectivity index (χ3v) is 2.07. The highest BCUT2D eigenvalue weighted by molar-refractivity contribution is 4.35. The third kappa shape index (κ3) is 23.6. The average molecular weight is 234 g/mol. The summed E-state index contributed by atoms with van der Waals surface area (Å²) in [4.78, 5) is 0. The van der Waals surface area contributed by atoms with Gasteiger partial charge in [0.15, 0.2) is 0 Å². The Hall–Kier alpha value is -0.120. The Morgan fingerprint density at radius 1 is 0.625 bits per heavy atom. The first-order valence-electron chi connectivity index (χ1n) is 6.39. The standard InChI is InChI=1S/C7H16.C6H14O3/c1-3-5-7-6-4-2;1-7-3-5-9-6-4-8-2/h3-7H2,1-2H3;3-6H2,1-2H3. The second-order valence-corrected chi connectivity index (χ2v) is 3.66. The highest BCUT2D eigenvalue weighted by atomic mass is 16.5. The lowest BCUT2D eigenvalue weighted by atomic mass is 10.2. The Balaban J connectivity index is 0. The molecule has 0 amide bonds. The molecule has 0 aliphatic carbocycles. The summed E-state index contributed by atoms with van der Waals surface area (Å²) >= 11 is 0. The van der Waals surface area contributed by atoms with Crippen molar-refractivity contribution >= 4 is 0 Å². The zero-order valence-electron chi connectivity index (χ0n) is 11.6. The summed E-state index contributed by atoms with van der Waals surface area (Å²) in [5.41, 5.74) is 0. The fraction of sp³-hybridized carbons (Fsp3) is 1.00. The molecule has 0 atom stereocenters. The largest absolute Gasteiger partial charge is 0.382 e. The Morgan fingerprint density at radius 2 is 1.06 bits per heavy atom. The van der Waals surface area contributed by atoms with Gasteiger partial charge >= 0.3 is 0 Å². The maximum absolute atomic E-state index is 5.06. The van der Waals surface area contributed by atoms with E-state index in [2.05, 4.69) is 13.8 Å². The van der Waals surface area contributed by atoms with Crippen molar-refractivity contribution in [2.24, 2.45) is 0 Å². The minimum absolute atomic E-state index is 0.653. The molecule has 0 rings (SSSR count). The predicted octanol–water partition coefficient (Wildman–Crippen LogP) is 3.27. The van der Waals surface area contributed by atoms with Crippen molar-refractivity contribution in [2.45, 2.75) is 46.0 Å². The van der Waals surface area contributed by atoms with Gasteiger partial charge in [0.05, 0.1) is 26.4 Å². The van der Waals surface area contributed by atoms with Crippen molar-refractivity contribution in [3.63, 3.8) is 0 Å². The molecule has 0 heterocycles. The van der Waals surface area contributed by atoms with Crippen LogP contribution in [0.4, 0.5) is 0 Å². The van der Waals surface area contributed by atoms with E-state index in [-0.39, 0.29) is 0 Å². The van der Waals surface area contributed by atoms with Crippen LogP contribution >= 0.6 is 0 Å². The number of ether oxygens (including phenoxy) is 3. The van der Waals surface area contributed by atoms with E-state index in [1.165, 1.54) is 32.1 Å². The first kappa shape index (κ1) is 18.3. The summed E-state index contributed by atoms with van der Waals surface area (Å²) in [6, 6.07) is 0. The molecule has 0 fully saturated rings. The maximum atomic E-state index is 5.06. The van der Waals surface area contributed by atoms with Gasteiger partial charge in [-0.25, -0.2) is 0 Å². The Bertz CT molecular complexity index is 87.2. The van der Waals surface area contributed by atoms with Crippen molar-refractivity contribution in [2.75, 3.05) is 40.6 Å². The molecule has 0 N–H and O–H groups in total. The van der Waals surface area contributed by atoms with E-state index in [0.717, 1.165) is 0 Å². The van der Waals surface area contributed by atoms with E-state index >= 15 is 0 Å². The molecule has 3 nitrogen and oxygen atoms in total. The van der Waals surface area contributed by atoms with Gasteiger partial charge in [0.2, 0.25) is 0 Å². The highest BCUT2D eigenvalue weighted by Gasteiger charge is 1.84. The molecule has 0 aromatic rings. The van der Waals surface area contributed by atoms with Gasteiger partial charge in [0, 0.05) is 14.2 Å². The van der Waals surface area contributed by atoms with Crippen LogP contribution in [0.15, 0.2) is 0 Å². The molecule has 0 saturated carbocycles. The molecule has 16 heavy (non-hydrogen) atoms. The van der Waals surface area contributed by atoms with Crippen LogP contribution in [-0.4, -0.2) is 40.6 Å². The normalized spacial score (nSPS) is 9.75. The first-order chi connectivity index (χ1) is 7.83. The van der Waals surface area contributed by atoms with Crippen LogP contribution in [0.25, 0.3) is 0 Å². The van der Waals surface area contributed by atoms with E-state index in [1.807, 2.05) is 0 Å². The van der Waals surface area contributed by atoms with Gasteiger partial charge in [0.1, 0.15) is 0 Å². The summed E-state index contributed by atoms with van der Waals surface area (Å²) < 4.78 is 14.6. The molecule has 0 aromatic heterocycles. The Kier molecular flexibility index (Phi) is 23.2.